The second-order valence-corrected chi connectivity index (χ2v) is 6.71. The highest BCUT2D eigenvalue weighted by Gasteiger charge is 2.40. The molecule has 2 heterocycles. The summed E-state index contributed by atoms with van der Waals surface area (Å²) in [7, 11) is 1.32. The number of hydrogen-bond donors (Lipinski definition) is 0. The lowest BCUT2D eigenvalue weighted by molar-refractivity contribution is -0.135. The Kier molecular flexibility index (Phi) is 4.35. The number of aryl methyl sites for hydroxylation is 1. The van der Waals surface area contributed by atoms with Gasteiger partial charge in [0.05, 0.1) is 16.8 Å². The molecule has 0 N–H and O–H groups in total. The maximum absolute atomic E-state index is 12.8. The summed E-state index contributed by atoms with van der Waals surface area (Å²) in [5, 5.41) is 0. The molecule has 0 bridgehead atoms. The zero-order valence-corrected chi connectivity index (χ0v) is 15.7. The van der Waals surface area contributed by atoms with Gasteiger partial charge in [0.15, 0.2) is 0 Å². The fourth-order valence-corrected chi connectivity index (χ4v) is 3.07. The zero-order chi connectivity index (χ0) is 20.7. The fraction of sp³-hybridized carbons (Fsp3) is 0.0909. The zero-order valence-electron chi connectivity index (χ0n) is 15.7. The maximum atomic E-state index is 12.8. The average molecular weight is 388 g/mol. The van der Waals surface area contributed by atoms with Gasteiger partial charge in [0, 0.05) is 19.2 Å². The van der Waals surface area contributed by atoms with Crippen molar-refractivity contribution >= 4 is 29.3 Å². The van der Waals surface area contributed by atoms with Crippen molar-refractivity contribution in [3.63, 3.8) is 0 Å². The summed E-state index contributed by atoms with van der Waals surface area (Å²) in [4.78, 5) is 50.8. The van der Waals surface area contributed by atoms with Gasteiger partial charge < -0.3 is 4.74 Å². The van der Waals surface area contributed by atoms with Crippen LogP contribution in [0.1, 0.15) is 5.56 Å². The van der Waals surface area contributed by atoms with E-state index in [0.717, 1.165) is 27.5 Å². The highest BCUT2D eigenvalue weighted by Crippen LogP contribution is 2.31. The molecule has 29 heavy (non-hydrogen) atoms. The van der Waals surface area contributed by atoms with E-state index in [9.17, 15) is 19.2 Å². The van der Waals surface area contributed by atoms with Gasteiger partial charge in [-0.25, -0.2) is 4.90 Å². The number of likely N-dealkylation sites (N-methyl/N-ethyl adjacent to an activating group) is 1. The highest BCUT2D eigenvalue weighted by molar-refractivity contribution is 6.36. The van der Waals surface area contributed by atoms with E-state index in [1.165, 1.54) is 7.05 Å². The normalized spacial score (nSPS) is 16.5. The number of anilines is 1. The van der Waals surface area contributed by atoms with Crippen LogP contribution in [0.15, 0.2) is 71.8 Å². The molecule has 0 saturated heterocycles. The van der Waals surface area contributed by atoms with Gasteiger partial charge in [0.25, 0.3) is 23.6 Å². The van der Waals surface area contributed by atoms with Crippen molar-refractivity contribution in [1.82, 2.24) is 4.90 Å². The number of carbonyl (C=O) groups excluding carboxylic acids is 4. The largest absolute Gasteiger partial charge is 0.457 e. The van der Waals surface area contributed by atoms with Gasteiger partial charge in [0.1, 0.15) is 11.5 Å². The van der Waals surface area contributed by atoms with Gasteiger partial charge in [-0.15, -0.1) is 0 Å². The first-order valence-electron chi connectivity index (χ1n) is 8.84. The topological polar surface area (TPSA) is 84.0 Å². The van der Waals surface area contributed by atoms with Gasteiger partial charge in [-0.3, -0.25) is 24.1 Å². The van der Waals surface area contributed by atoms with Crippen LogP contribution < -0.4 is 9.64 Å². The maximum Gasteiger partial charge on any atom is 0.266 e. The Hall–Kier alpha value is -4.00. The summed E-state index contributed by atoms with van der Waals surface area (Å²) in [5.74, 6) is -1.14. The van der Waals surface area contributed by atoms with Crippen LogP contribution in [0.5, 0.6) is 11.5 Å². The van der Waals surface area contributed by atoms with Crippen molar-refractivity contribution < 1.29 is 23.9 Å². The van der Waals surface area contributed by atoms with Crippen molar-refractivity contribution in [1.29, 1.82) is 0 Å². The molecule has 0 aliphatic carbocycles. The van der Waals surface area contributed by atoms with E-state index in [4.69, 9.17) is 4.74 Å². The number of imide groups is 2. The van der Waals surface area contributed by atoms with Crippen LogP contribution >= 0.6 is 0 Å². The lowest BCUT2D eigenvalue weighted by atomic mass is 10.1. The van der Waals surface area contributed by atoms with E-state index in [0.29, 0.717) is 17.2 Å². The quantitative estimate of drug-likeness (QED) is 0.752. The lowest BCUT2D eigenvalue weighted by Gasteiger charge is -2.16. The molecule has 4 amide bonds. The molecule has 0 saturated carbocycles. The van der Waals surface area contributed by atoms with Gasteiger partial charge in [-0.2, -0.15) is 0 Å². The first-order chi connectivity index (χ1) is 13.8. The van der Waals surface area contributed by atoms with E-state index in [1.807, 2.05) is 31.2 Å². The molecule has 2 aromatic rings. The molecular weight excluding hydrogens is 372 g/mol. The summed E-state index contributed by atoms with van der Waals surface area (Å²) in [6.45, 7) is 1.98. The predicted molar refractivity (Wildman–Crippen MR) is 104 cm³/mol. The van der Waals surface area contributed by atoms with E-state index < -0.39 is 23.6 Å². The molecule has 7 heteroatoms. The molecule has 2 aliphatic rings. The summed E-state index contributed by atoms with van der Waals surface area (Å²) >= 11 is 0. The molecule has 7 nitrogen and oxygen atoms in total. The minimum atomic E-state index is -0.648. The van der Waals surface area contributed by atoms with Crippen molar-refractivity contribution in [2.24, 2.45) is 0 Å². The number of nitrogens with zero attached hydrogens (tertiary/aromatic N) is 2. The van der Waals surface area contributed by atoms with Gasteiger partial charge in [-0.1, -0.05) is 17.7 Å². The lowest BCUT2D eigenvalue weighted by Crippen LogP contribution is -2.32. The van der Waals surface area contributed by atoms with Crippen molar-refractivity contribution in [2.45, 2.75) is 6.92 Å². The summed E-state index contributed by atoms with van der Waals surface area (Å²) in [6, 6.07) is 14.0. The molecule has 144 valence electrons. The number of benzene rings is 2. The van der Waals surface area contributed by atoms with Crippen LogP contribution in [0, 0.1) is 6.92 Å². The highest BCUT2D eigenvalue weighted by atomic mass is 16.5. The number of carbonyl (C=O) groups is 4. The number of ether oxygens (including phenoxy) is 1. The molecule has 2 aliphatic heterocycles. The third kappa shape index (κ3) is 3.23. The fourth-order valence-electron chi connectivity index (χ4n) is 3.07. The molecule has 0 aromatic heterocycles. The standard InChI is InChI=1S/C22H16N2O5/c1-13-3-7-15(8-4-13)29-16-9-5-14(6-10-16)24-20(26)12-18(22(24)28)17-11-19(25)23(2)21(17)27/h3-12H,1-2H3. The summed E-state index contributed by atoms with van der Waals surface area (Å²) in [5.41, 5.74) is 1.30. The second kappa shape index (κ2) is 6.87. The Balaban J connectivity index is 1.54. The van der Waals surface area contributed by atoms with Crippen LogP contribution in [0.4, 0.5) is 5.69 Å². The number of rotatable bonds is 4. The summed E-state index contributed by atoms with van der Waals surface area (Å²) < 4.78 is 5.75. The molecular formula is C22H16N2O5. The van der Waals surface area contributed by atoms with E-state index >= 15 is 0 Å². The van der Waals surface area contributed by atoms with Crippen molar-refractivity contribution in [3.05, 3.63) is 77.4 Å². The third-order valence-corrected chi connectivity index (χ3v) is 4.70. The van der Waals surface area contributed by atoms with E-state index in [2.05, 4.69) is 0 Å². The minimum absolute atomic E-state index is 0.0716. The van der Waals surface area contributed by atoms with E-state index in [-0.39, 0.29) is 11.1 Å². The average Bonchev–Trinajstić information content (AvgIpc) is 3.14. The smallest absolute Gasteiger partial charge is 0.266 e. The Bertz CT molecular complexity index is 1110. The first-order valence-corrected chi connectivity index (χ1v) is 8.84. The molecule has 0 radical (unpaired) electrons. The van der Waals surface area contributed by atoms with Gasteiger partial charge >= 0.3 is 0 Å². The Morgan fingerprint density at radius 2 is 1.21 bits per heavy atom. The Morgan fingerprint density at radius 1 is 0.690 bits per heavy atom. The van der Waals surface area contributed by atoms with Crippen LogP contribution in [0.2, 0.25) is 0 Å². The Morgan fingerprint density at radius 3 is 1.76 bits per heavy atom. The van der Waals surface area contributed by atoms with Crippen LogP contribution in [-0.2, 0) is 19.2 Å². The molecule has 0 unspecified atom stereocenters. The van der Waals surface area contributed by atoms with Crippen molar-refractivity contribution in [3.8, 4) is 11.5 Å². The number of amides is 4. The predicted octanol–water partition coefficient (Wildman–Crippen LogP) is 2.51. The van der Waals surface area contributed by atoms with Gasteiger partial charge in [-0.05, 0) is 43.3 Å². The van der Waals surface area contributed by atoms with Crippen molar-refractivity contribution in [2.75, 3.05) is 11.9 Å². The Labute approximate surface area is 166 Å². The van der Waals surface area contributed by atoms with E-state index in [1.54, 1.807) is 24.3 Å². The molecule has 0 spiro atoms. The summed E-state index contributed by atoms with van der Waals surface area (Å²) in [6.07, 6.45) is 2.15. The van der Waals surface area contributed by atoms with Crippen LogP contribution in [0.25, 0.3) is 0 Å². The minimum Gasteiger partial charge on any atom is -0.457 e. The molecule has 4 rings (SSSR count). The molecule has 2 aromatic carbocycles. The van der Waals surface area contributed by atoms with Crippen LogP contribution in [0.3, 0.4) is 0 Å². The SMILES string of the molecule is Cc1ccc(Oc2ccc(N3C(=O)C=C(C4=CC(=O)N(C)C4=O)C3=O)cc2)cc1. The second-order valence-electron chi connectivity index (χ2n) is 6.71. The molecule has 0 fully saturated rings. The first kappa shape index (κ1) is 18.4. The molecule has 0 atom stereocenters. The van der Waals surface area contributed by atoms with Crippen LogP contribution in [-0.4, -0.2) is 35.6 Å². The number of hydrogen-bond acceptors (Lipinski definition) is 5. The van der Waals surface area contributed by atoms with Gasteiger partial charge in [0.2, 0.25) is 0 Å². The monoisotopic (exact) mass is 388 g/mol. The third-order valence-electron chi connectivity index (χ3n) is 4.70.